The van der Waals surface area contributed by atoms with Crippen LogP contribution in [0.3, 0.4) is 0 Å². The van der Waals surface area contributed by atoms with Crippen molar-refractivity contribution in [2.75, 3.05) is 17.7 Å². The van der Waals surface area contributed by atoms with Gasteiger partial charge in [-0.1, -0.05) is 6.07 Å². The third kappa shape index (κ3) is 3.13. The Morgan fingerprint density at radius 1 is 1.16 bits per heavy atom. The summed E-state index contributed by atoms with van der Waals surface area (Å²) < 4.78 is 32.6. The van der Waals surface area contributed by atoms with E-state index in [0.717, 1.165) is 12.1 Å². The zero-order chi connectivity index (χ0) is 13.8. The zero-order valence-electron chi connectivity index (χ0n) is 10.4. The van der Waals surface area contributed by atoms with E-state index in [1.807, 2.05) is 6.92 Å². The van der Waals surface area contributed by atoms with Crippen molar-refractivity contribution < 1.29 is 13.5 Å². The largest absolute Gasteiger partial charge is 0.494 e. The summed E-state index contributed by atoms with van der Waals surface area (Å²) >= 11 is 0. The Balaban J connectivity index is 2.28. The molecule has 0 saturated heterocycles. The van der Waals surface area contributed by atoms with E-state index in [-0.39, 0.29) is 11.4 Å². The van der Waals surface area contributed by atoms with Crippen LogP contribution in [0.4, 0.5) is 25.8 Å². The van der Waals surface area contributed by atoms with Gasteiger partial charge in [0.05, 0.1) is 6.61 Å². The maximum atomic E-state index is 13.6. The van der Waals surface area contributed by atoms with Crippen LogP contribution >= 0.6 is 0 Å². The molecule has 0 fully saturated rings. The van der Waals surface area contributed by atoms with Gasteiger partial charge in [0.1, 0.15) is 11.4 Å². The van der Waals surface area contributed by atoms with E-state index in [0.29, 0.717) is 18.0 Å². The number of benzene rings is 2. The first kappa shape index (κ1) is 13.1. The second-order valence-corrected chi connectivity index (χ2v) is 3.95. The molecular formula is C14H14F2N2O. The van der Waals surface area contributed by atoms with Crippen LogP contribution in [-0.2, 0) is 0 Å². The SMILES string of the molecule is CCOc1cccc(Nc2c(F)cc(N)cc2F)c1. The molecule has 0 aliphatic heterocycles. The van der Waals surface area contributed by atoms with Crippen molar-refractivity contribution in [2.45, 2.75) is 6.92 Å². The highest BCUT2D eigenvalue weighted by atomic mass is 19.1. The van der Waals surface area contributed by atoms with Gasteiger partial charge < -0.3 is 15.8 Å². The number of nitrogens with two attached hydrogens (primary N) is 1. The summed E-state index contributed by atoms with van der Waals surface area (Å²) in [6, 6.07) is 9.00. The van der Waals surface area contributed by atoms with Gasteiger partial charge >= 0.3 is 0 Å². The number of anilines is 3. The summed E-state index contributed by atoms with van der Waals surface area (Å²) in [5, 5.41) is 2.68. The van der Waals surface area contributed by atoms with Crippen LogP contribution in [0.15, 0.2) is 36.4 Å². The van der Waals surface area contributed by atoms with Crippen molar-refractivity contribution in [3.05, 3.63) is 48.0 Å². The van der Waals surface area contributed by atoms with Gasteiger partial charge in [-0.2, -0.15) is 0 Å². The van der Waals surface area contributed by atoms with E-state index < -0.39 is 11.6 Å². The number of hydrogen-bond donors (Lipinski definition) is 2. The molecule has 5 heteroatoms. The Hall–Kier alpha value is -2.30. The van der Waals surface area contributed by atoms with E-state index in [1.54, 1.807) is 24.3 Å². The molecule has 0 aromatic heterocycles. The monoisotopic (exact) mass is 264 g/mol. The maximum absolute atomic E-state index is 13.6. The molecule has 2 aromatic rings. The fourth-order valence-corrected chi connectivity index (χ4v) is 1.69. The molecule has 0 saturated carbocycles. The summed E-state index contributed by atoms with van der Waals surface area (Å²) in [5.74, 6) is -0.845. The van der Waals surface area contributed by atoms with Gasteiger partial charge in [-0.25, -0.2) is 8.78 Å². The van der Waals surface area contributed by atoms with Crippen LogP contribution in [-0.4, -0.2) is 6.61 Å². The lowest BCUT2D eigenvalue weighted by molar-refractivity contribution is 0.340. The van der Waals surface area contributed by atoms with Gasteiger partial charge in [0.2, 0.25) is 0 Å². The van der Waals surface area contributed by atoms with Gasteiger partial charge in [0.15, 0.2) is 11.6 Å². The molecule has 100 valence electrons. The Morgan fingerprint density at radius 3 is 2.47 bits per heavy atom. The smallest absolute Gasteiger partial charge is 0.151 e. The fourth-order valence-electron chi connectivity index (χ4n) is 1.69. The second-order valence-electron chi connectivity index (χ2n) is 3.95. The minimum atomic E-state index is -0.737. The highest BCUT2D eigenvalue weighted by molar-refractivity contribution is 5.64. The van der Waals surface area contributed by atoms with Crippen molar-refractivity contribution in [1.82, 2.24) is 0 Å². The molecule has 0 radical (unpaired) electrons. The average molecular weight is 264 g/mol. The van der Waals surface area contributed by atoms with Crippen LogP contribution in [0.2, 0.25) is 0 Å². The molecule has 0 aliphatic rings. The molecule has 3 N–H and O–H groups in total. The Bertz CT molecular complexity index is 564. The number of hydrogen-bond acceptors (Lipinski definition) is 3. The number of halogens is 2. The van der Waals surface area contributed by atoms with Crippen LogP contribution in [0.25, 0.3) is 0 Å². The Labute approximate surface area is 110 Å². The lowest BCUT2D eigenvalue weighted by atomic mass is 10.2. The van der Waals surface area contributed by atoms with Crippen LogP contribution in [0, 0.1) is 11.6 Å². The van der Waals surface area contributed by atoms with Gasteiger partial charge in [-0.15, -0.1) is 0 Å². The minimum Gasteiger partial charge on any atom is -0.494 e. The standard InChI is InChI=1S/C14H14F2N2O/c1-2-19-11-5-3-4-10(8-11)18-14-12(15)6-9(17)7-13(14)16/h3-8,18H,2,17H2,1H3. The van der Waals surface area contributed by atoms with E-state index in [4.69, 9.17) is 10.5 Å². The molecule has 0 heterocycles. The summed E-state index contributed by atoms with van der Waals surface area (Å²) in [6.07, 6.45) is 0. The van der Waals surface area contributed by atoms with Crippen molar-refractivity contribution in [3.8, 4) is 5.75 Å². The van der Waals surface area contributed by atoms with E-state index >= 15 is 0 Å². The normalized spacial score (nSPS) is 10.3. The highest BCUT2D eigenvalue weighted by Gasteiger charge is 2.10. The van der Waals surface area contributed by atoms with E-state index in [2.05, 4.69) is 5.32 Å². The molecule has 0 spiro atoms. The van der Waals surface area contributed by atoms with Gasteiger partial charge in [-0.3, -0.25) is 0 Å². The molecule has 2 aromatic carbocycles. The quantitative estimate of drug-likeness (QED) is 0.828. The van der Waals surface area contributed by atoms with Crippen molar-refractivity contribution in [1.29, 1.82) is 0 Å². The summed E-state index contributed by atoms with van der Waals surface area (Å²) in [5.41, 5.74) is 5.70. The molecule has 0 amide bonds. The van der Waals surface area contributed by atoms with Gasteiger partial charge in [0.25, 0.3) is 0 Å². The number of nitrogens with one attached hydrogen (secondary N) is 1. The van der Waals surface area contributed by atoms with Crippen molar-refractivity contribution in [2.24, 2.45) is 0 Å². The van der Waals surface area contributed by atoms with Crippen LogP contribution < -0.4 is 15.8 Å². The molecule has 0 bridgehead atoms. The van der Waals surface area contributed by atoms with Crippen molar-refractivity contribution in [3.63, 3.8) is 0 Å². The van der Waals surface area contributed by atoms with Crippen molar-refractivity contribution >= 4 is 17.1 Å². The third-order valence-corrected chi connectivity index (χ3v) is 2.48. The third-order valence-electron chi connectivity index (χ3n) is 2.48. The first-order valence-corrected chi connectivity index (χ1v) is 5.84. The molecule has 0 aliphatic carbocycles. The zero-order valence-corrected chi connectivity index (χ0v) is 10.4. The molecule has 2 rings (SSSR count). The lowest BCUT2D eigenvalue weighted by Crippen LogP contribution is -2.00. The number of nitrogen functional groups attached to an aromatic ring is 1. The molecule has 3 nitrogen and oxygen atoms in total. The predicted octanol–water partition coefficient (Wildman–Crippen LogP) is 3.69. The highest BCUT2D eigenvalue weighted by Crippen LogP contribution is 2.27. The molecule has 0 atom stereocenters. The lowest BCUT2D eigenvalue weighted by Gasteiger charge is -2.11. The molecular weight excluding hydrogens is 250 g/mol. The van der Waals surface area contributed by atoms with Crippen LogP contribution in [0.1, 0.15) is 6.92 Å². The number of ether oxygens (including phenoxy) is 1. The maximum Gasteiger partial charge on any atom is 0.151 e. The first-order valence-electron chi connectivity index (χ1n) is 5.84. The van der Waals surface area contributed by atoms with E-state index in [1.165, 1.54) is 0 Å². The Morgan fingerprint density at radius 2 is 1.84 bits per heavy atom. The topological polar surface area (TPSA) is 47.3 Å². The number of rotatable bonds is 4. The first-order chi connectivity index (χ1) is 9.10. The van der Waals surface area contributed by atoms with E-state index in [9.17, 15) is 8.78 Å². The summed E-state index contributed by atoms with van der Waals surface area (Å²) in [6.45, 7) is 2.38. The molecule has 19 heavy (non-hydrogen) atoms. The van der Waals surface area contributed by atoms with Crippen LogP contribution in [0.5, 0.6) is 5.75 Å². The minimum absolute atomic E-state index is 0.0450. The molecule has 0 unspecified atom stereocenters. The summed E-state index contributed by atoms with van der Waals surface area (Å²) in [7, 11) is 0. The van der Waals surface area contributed by atoms with Gasteiger partial charge in [0, 0.05) is 17.4 Å². The Kier molecular flexibility index (Phi) is 3.85. The fraction of sp³-hybridized carbons (Fsp3) is 0.143. The summed E-state index contributed by atoms with van der Waals surface area (Å²) in [4.78, 5) is 0. The second kappa shape index (κ2) is 5.56. The predicted molar refractivity (Wildman–Crippen MR) is 71.7 cm³/mol. The van der Waals surface area contributed by atoms with Gasteiger partial charge in [-0.05, 0) is 31.2 Å². The average Bonchev–Trinajstić information content (AvgIpc) is 2.35.